The summed E-state index contributed by atoms with van der Waals surface area (Å²) < 4.78 is 5.70. The fraction of sp³-hybridized carbons (Fsp3) is 0.417. The monoisotopic (exact) mass is 393 g/mol. The van der Waals surface area contributed by atoms with E-state index in [1.165, 1.54) is 11.1 Å². The number of nitrogens with zero attached hydrogens (tertiary/aromatic N) is 1. The molecule has 1 fully saturated rings. The number of hydrogen-bond donors (Lipinski definition) is 1. The van der Waals surface area contributed by atoms with Crippen molar-refractivity contribution in [3.05, 3.63) is 59.7 Å². The van der Waals surface area contributed by atoms with E-state index in [1.807, 2.05) is 45.0 Å². The fourth-order valence-electron chi connectivity index (χ4n) is 4.76. The van der Waals surface area contributed by atoms with E-state index >= 15 is 0 Å². The maximum atomic E-state index is 12.8. The number of amides is 1. The molecule has 0 bridgehead atoms. The zero-order valence-electron chi connectivity index (χ0n) is 17.1. The summed E-state index contributed by atoms with van der Waals surface area (Å²) in [6.07, 6.45) is 0.00924. The highest BCUT2D eigenvalue weighted by molar-refractivity contribution is 5.80. The number of ether oxygens (including phenoxy) is 1. The minimum atomic E-state index is -0.946. The van der Waals surface area contributed by atoms with Crippen LogP contribution in [0.2, 0.25) is 0 Å². The zero-order valence-corrected chi connectivity index (χ0v) is 17.1. The van der Waals surface area contributed by atoms with Crippen LogP contribution in [0, 0.1) is 10.8 Å². The van der Waals surface area contributed by atoms with Crippen LogP contribution < -0.4 is 0 Å². The highest BCUT2D eigenvalue weighted by Crippen LogP contribution is 2.47. The lowest BCUT2D eigenvalue weighted by Crippen LogP contribution is -2.46. The van der Waals surface area contributed by atoms with Crippen LogP contribution in [0.5, 0.6) is 0 Å². The van der Waals surface area contributed by atoms with Crippen LogP contribution >= 0.6 is 0 Å². The van der Waals surface area contributed by atoms with Gasteiger partial charge in [0.2, 0.25) is 0 Å². The number of fused-ring (bicyclic) bond motifs is 3. The third kappa shape index (κ3) is 3.09. The molecule has 0 radical (unpaired) electrons. The quantitative estimate of drug-likeness (QED) is 0.817. The Balaban J connectivity index is 1.49. The topological polar surface area (TPSA) is 66.8 Å². The predicted octanol–water partition coefficient (Wildman–Crippen LogP) is 4.76. The Kier molecular flexibility index (Phi) is 4.64. The molecule has 29 heavy (non-hydrogen) atoms. The van der Waals surface area contributed by atoms with Crippen LogP contribution in [0.4, 0.5) is 4.79 Å². The second-order valence-corrected chi connectivity index (χ2v) is 9.11. The normalized spacial score (nSPS) is 21.0. The van der Waals surface area contributed by atoms with E-state index in [4.69, 9.17) is 4.74 Å². The van der Waals surface area contributed by atoms with Crippen molar-refractivity contribution in [2.75, 3.05) is 19.7 Å². The number of carbonyl (C=O) groups is 2. The molecule has 1 unspecified atom stereocenters. The van der Waals surface area contributed by atoms with Gasteiger partial charge in [0.15, 0.2) is 0 Å². The van der Waals surface area contributed by atoms with E-state index in [2.05, 4.69) is 24.3 Å². The van der Waals surface area contributed by atoms with E-state index in [9.17, 15) is 14.7 Å². The van der Waals surface area contributed by atoms with Crippen LogP contribution in [0.1, 0.15) is 44.2 Å². The number of benzene rings is 2. The van der Waals surface area contributed by atoms with Crippen molar-refractivity contribution < 1.29 is 19.4 Å². The van der Waals surface area contributed by atoms with E-state index in [1.54, 1.807) is 4.90 Å². The average molecular weight is 393 g/mol. The molecule has 2 aliphatic rings. The molecular formula is C24H27NO4. The molecule has 152 valence electrons. The van der Waals surface area contributed by atoms with Crippen LogP contribution in [-0.2, 0) is 9.53 Å². The Morgan fingerprint density at radius 2 is 1.62 bits per heavy atom. The number of aliphatic carboxylic acids is 1. The molecule has 1 amide bonds. The van der Waals surface area contributed by atoms with Gasteiger partial charge in [-0.25, -0.2) is 4.79 Å². The summed E-state index contributed by atoms with van der Waals surface area (Å²) in [5.41, 5.74) is 3.30. The van der Waals surface area contributed by atoms with Gasteiger partial charge in [0, 0.05) is 19.0 Å². The Bertz CT molecular complexity index is 916. The van der Waals surface area contributed by atoms with Crippen molar-refractivity contribution in [3.8, 4) is 11.1 Å². The summed E-state index contributed by atoms with van der Waals surface area (Å²) in [5, 5.41) is 9.84. The van der Waals surface area contributed by atoms with Gasteiger partial charge in [0.25, 0.3) is 0 Å². The third-order valence-electron chi connectivity index (χ3n) is 6.71. The molecule has 0 aromatic heterocycles. The molecule has 1 aliphatic carbocycles. The largest absolute Gasteiger partial charge is 0.481 e. The summed E-state index contributed by atoms with van der Waals surface area (Å²) in [6.45, 7) is 6.59. The molecule has 4 rings (SSSR count). The van der Waals surface area contributed by atoms with Gasteiger partial charge in [0.1, 0.15) is 6.61 Å². The fourth-order valence-corrected chi connectivity index (χ4v) is 4.76. The number of likely N-dealkylation sites (tertiary alicyclic amines) is 1. The lowest BCUT2D eigenvalue weighted by Gasteiger charge is -2.37. The van der Waals surface area contributed by atoms with Crippen molar-refractivity contribution in [1.82, 2.24) is 4.90 Å². The SMILES string of the molecule is CC(C)(C)C1(C(=O)O)CCN(C(=O)OCC2c3ccccc3-c3ccccc32)C1. The number of carbonyl (C=O) groups excluding carboxylic acids is 1. The summed E-state index contributed by atoms with van der Waals surface area (Å²) in [6, 6.07) is 16.4. The maximum Gasteiger partial charge on any atom is 0.409 e. The number of rotatable bonds is 3. The minimum absolute atomic E-state index is 0.000741. The van der Waals surface area contributed by atoms with Gasteiger partial charge in [-0.3, -0.25) is 4.79 Å². The van der Waals surface area contributed by atoms with Crippen molar-refractivity contribution in [1.29, 1.82) is 0 Å². The van der Waals surface area contributed by atoms with Gasteiger partial charge in [-0.2, -0.15) is 0 Å². The van der Waals surface area contributed by atoms with Gasteiger partial charge in [0.05, 0.1) is 5.41 Å². The van der Waals surface area contributed by atoms with Gasteiger partial charge in [-0.15, -0.1) is 0 Å². The molecule has 1 aliphatic heterocycles. The first-order valence-electron chi connectivity index (χ1n) is 10.1. The first-order valence-corrected chi connectivity index (χ1v) is 10.1. The summed E-state index contributed by atoms with van der Waals surface area (Å²) in [7, 11) is 0. The molecule has 5 heteroatoms. The molecular weight excluding hydrogens is 366 g/mol. The second-order valence-electron chi connectivity index (χ2n) is 9.11. The first-order chi connectivity index (χ1) is 13.7. The Morgan fingerprint density at radius 3 is 2.10 bits per heavy atom. The molecule has 0 spiro atoms. The Morgan fingerprint density at radius 1 is 1.07 bits per heavy atom. The van der Waals surface area contributed by atoms with Crippen molar-refractivity contribution in [2.24, 2.45) is 10.8 Å². The van der Waals surface area contributed by atoms with Crippen LogP contribution in [-0.4, -0.2) is 41.8 Å². The van der Waals surface area contributed by atoms with Gasteiger partial charge < -0.3 is 14.7 Å². The highest BCUT2D eigenvalue weighted by atomic mass is 16.6. The third-order valence-corrected chi connectivity index (χ3v) is 6.71. The standard InChI is InChI=1S/C24H27NO4/c1-23(2,3)24(21(26)27)12-13-25(15-24)22(28)29-14-20-18-10-6-4-8-16(18)17-9-5-7-11-19(17)20/h4-11,20H,12-15H2,1-3H3,(H,26,27). The van der Waals surface area contributed by atoms with Crippen LogP contribution in [0.3, 0.4) is 0 Å². The molecule has 1 atom stereocenters. The molecule has 2 aromatic carbocycles. The predicted molar refractivity (Wildman–Crippen MR) is 111 cm³/mol. The summed E-state index contributed by atoms with van der Waals surface area (Å²) in [5.74, 6) is -0.847. The zero-order chi connectivity index (χ0) is 20.8. The summed E-state index contributed by atoms with van der Waals surface area (Å²) in [4.78, 5) is 26.3. The molecule has 5 nitrogen and oxygen atoms in total. The van der Waals surface area contributed by atoms with Crippen LogP contribution in [0.15, 0.2) is 48.5 Å². The van der Waals surface area contributed by atoms with Crippen molar-refractivity contribution >= 4 is 12.1 Å². The second kappa shape index (κ2) is 6.90. The lowest BCUT2D eigenvalue weighted by atomic mass is 9.66. The molecule has 1 N–H and O–H groups in total. The van der Waals surface area contributed by atoms with E-state index in [-0.39, 0.29) is 19.1 Å². The Labute approximate surface area is 171 Å². The first kappa shape index (κ1) is 19.5. The minimum Gasteiger partial charge on any atom is -0.481 e. The lowest BCUT2D eigenvalue weighted by molar-refractivity contribution is -0.155. The van der Waals surface area contributed by atoms with Gasteiger partial charge >= 0.3 is 12.1 Å². The Hall–Kier alpha value is -2.82. The van der Waals surface area contributed by atoms with E-state index < -0.39 is 22.9 Å². The van der Waals surface area contributed by atoms with Crippen LogP contribution in [0.25, 0.3) is 11.1 Å². The molecule has 1 saturated heterocycles. The molecule has 0 saturated carbocycles. The van der Waals surface area contributed by atoms with E-state index in [0.29, 0.717) is 13.0 Å². The highest BCUT2D eigenvalue weighted by Gasteiger charge is 2.54. The number of carboxylic acids is 1. The van der Waals surface area contributed by atoms with E-state index in [0.717, 1.165) is 11.1 Å². The van der Waals surface area contributed by atoms with Gasteiger partial charge in [-0.05, 0) is 34.1 Å². The van der Waals surface area contributed by atoms with Crippen molar-refractivity contribution in [2.45, 2.75) is 33.1 Å². The summed E-state index contributed by atoms with van der Waals surface area (Å²) >= 11 is 0. The van der Waals surface area contributed by atoms with Crippen molar-refractivity contribution in [3.63, 3.8) is 0 Å². The number of hydrogen-bond acceptors (Lipinski definition) is 3. The van der Waals surface area contributed by atoms with Gasteiger partial charge in [-0.1, -0.05) is 69.3 Å². The number of carboxylic acid groups (broad SMARTS) is 1. The smallest absolute Gasteiger partial charge is 0.409 e. The molecule has 2 aromatic rings. The molecule has 1 heterocycles. The average Bonchev–Trinajstić information content (AvgIpc) is 3.27. The maximum absolute atomic E-state index is 12.8.